The molecule has 2 aliphatic heterocycles. The number of nitrogens with one attached hydrogen (secondary N) is 2. The number of ether oxygens (including phenoxy) is 9. The zero-order chi connectivity index (χ0) is 77.7. The minimum absolute atomic E-state index is 0.0284. The largest absolute Gasteiger partial charge is 0.368 e. The predicted molar refractivity (Wildman–Crippen MR) is 450 cm³/mol. The van der Waals surface area contributed by atoms with Gasteiger partial charge >= 0.3 is 0 Å². The Morgan fingerprint density at radius 2 is 0.468 bits per heavy atom. The third-order valence-electron chi connectivity index (χ3n) is 22.5. The number of unbranched alkanes of at least 4 members (excludes halogenated alkanes) is 28. The minimum atomic E-state index is -1.24. The van der Waals surface area contributed by atoms with Crippen LogP contribution in [0.3, 0.4) is 0 Å². The van der Waals surface area contributed by atoms with E-state index in [1.165, 1.54) is 154 Å². The van der Waals surface area contributed by atoms with E-state index in [1.54, 1.807) is 0 Å². The Morgan fingerprint density at radius 3 is 0.694 bits per heavy atom. The summed E-state index contributed by atoms with van der Waals surface area (Å²) in [6.45, 7) is 10.5. The number of hydrogen-bond donors (Lipinski definition) is 2. The molecule has 0 bridgehead atoms. The second-order valence-corrected chi connectivity index (χ2v) is 31.7. The van der Waals surface area contributed by atoms with Gasteiger partial charge < -0.3 is 53.3 Å². The van der Waals surface area contributed by atoms with Crippen LogP contribution in [0.4, 0.5) is 0 Å². The molecule has 2 saturated heterocycles. The molecule has 2 aliphatic rings. The summed E-state index contributed by atoms with van der Waals surface area (Å²) in [6.07, 6.45) is 32.4. The van der Waals surface area contributed by atoms with E-state index in [0.717, 1.165) is 110 Å². The highest BCUT2D eigenvalue weighted by Crippen LogP contribution is 2.38. The lowest BCUT2D eigenvalue weighted by Gasteiger charge is -2.50. The monoisotopic (exact) mass is 1530 g/mol. The molecular weight excluding hydrogens is 1380 g/mol. The van der Waals surface area contributed by atoms with Crippen LogP contribution in [0.5, 0.6) is 0 Å². The molecule has 0 radical (unpaired) electrons. The van der Waals surface area contributed by atoms with E-state index in [0.29, 0.717) is 0 Å². The Labute approximate surface area is 671 Å². The van der Waals surface area contributed by atoms with Crippen molar-refractivity contribution in [2.45, 2.75) is 360 Å². The average molecular weight is 1530 g/mol. The van der Waals surface area contributed by atoms with Crippen molar-refractivity contribution >= 4 is 11.8 Å². The number of carbonyl (C=O) groups excluding carboxylic acids is 2. The summed E-state index contributed by atoms with van der Waals surface area (Å²) < 4.78 is 66.8. The van der Waals surface area contributed by atoms with Gasteiger partial charge in [0, 0.05) is 24.9 Å². The van der Waals surface area contributed by atoms with Crippen molar-refractivity contribution in [2.75, 3.05) is 13.1 Å². The molecule has 2 heterocycles. The fraction of sp³-hybridized carbons (Fsp3) is 0.612. The first kappa shape index (κ1) is 90.4. The molecule has 2 N–H and O–H groups in total. The van der Waals surface area contributed by atoms with Gasteiger partial charge in [-0.1, -0.05) is 415 Å². The van der Waals surface area contributed by atoms with Crippen LogP contribution in [0.2, 0.25) is 0 Å². The van der Waals surface area contributed by atoms with Gasteiger partial charge in [0.1, 0.15) is 48.8 Å². The lowest BCUT2D eigenvalue weighted by Crippen LogP contribution is -2.67. The van der Waals surface area contributed by atoms with E-state index in [2.05, 4.69) is 111 Å². The highest BCUT2D eigenvalue weighted by atomic mass is 16.8. The predicted octanol–water partition coefficient (Wildman–Crippen LogP) is 23.6. The first-order valence-electron chi connectivity index (χ1n) is 44.3. The van der Waals surface area contributed by atoms with Gasteiger partial charge in [-0.25, -0.2) is 0 Å². The summed E-state index contributed by atoms with van der Waals surface area (Å²) in [7, 11) is 0. The van der Waals surface area contributed by atoms with Crippen LogP contribution in [0.1, 0.15) is 292 Å². The maximum Gasteiger partial charge on any atom is 0.223 e. The van der Waals surface area contributed by atoms with Crippen LogP contribution in [0, 0.1) is 11.8 Å². The van der Waals surface area contributed by atoms with E-state index in [4.69, 9.17) is 42.6 Å². The van der Waals surface area contributed by atoms with Crippen molar-refractivity contribution in [1.29, 1.82) is 0 Å². The standard InChI is InChI=1S/C98H144N2O11/c1-5-9-13-17-21-25-29-51-67-85(68-52-30-26-22-18-14-10-6-2)95(101)99-71-87-89(103-73-79-55-39-33-40-56-79)91(105-75-81-59-43-35-44-60-81)93(107-77-83-63-47-37-48-64-83)97(109-87)111-98-94(108-78-84-65-49-38-50-66-84)92(106-76-82-61-45-36-46-62-82)90(104-74-80-57-41-34-42-58-80)88(110-98)72-100-96(102)86(69-53-31-27-23-19-15-11-7-3)70-54-32-28-24-20-16-12-8-4/h33-50,55-66,85-94,97-98H,5-32,51-54,67-78H2,1-4H3,(H,99,101)(H,100,102)/t87?,88?,89-,90-,91-,92-,93?,94?,97-,98-/m0/s1. The number of rotatable bonds is 62. The second-order valence-electron chi connectivity index (χ2n) is 31.7. The Kier molecular flexibility index (Phi) is 46.5. The quantitative estimate of drug-likeness (QED) is 0.0353. The third-order valence-corrected chi connectivity index (χ3v) is 22.5. The first-order valence-corrected chi connectivity index (χ1v) is 44.3. The Hall–Kier alpha value is -6.10. The average Bonchev–Trinajstić information content (AvgIpc) is 0.773. The highest BCUT2D eigenvalue weighted by Gasteiger charge is 2.54. The molecule has 0 saturated carbocycles. The normalized spacial score (nSPS) is 19.9. The van der Waals surface area contributed by atoms with Gasteiger partial charge in [0.15, 0.2) is 12.6 Å². The molecule has 6 aromatic rings. The number of carbonyl (C=O) groups is 2. The molecule has 6 aromatic carbocycles. The lowest BCUT2D eigenvalue weighted by molar-refractivity contribution is -0.390. The Bertz CT molecular complexity index is 2970. The van der Waals surface area contributed by atoms with Crippen LogP contribution in [0.15, 0.2) is 182 Å². The molecule has 0 aromatic heterocycles. The molecule has 13 nitrogen and oxygen atoms in total. The van der Waals surface area contributed by atoms with Crippen molar-refractivity contribution < 1.29 is 52.2 Å². The third kappa shape index (κ3) is 35.7. The molecule has 0 spiro atoms. The number of benzene rings is 6. The van der Waals surface area contributed by atoms with E-state index >= 15 is 9.59 Å². The fourth-order valence-electron chi connectivity index (χ4n) is 15.8. The van der Waals surface area contributed by atoms with Crippen LogP contribution < -0.4 is 10.6 Å². The van der Waals surface area contributed by atoms with Gasteiger partial charge in [0.2, 0.25) is 11.8 Å². The van der Waals surface area contributed by atoms with E-state index in [-0.39, 0.29) is 76.4 Å². The van der Waals surface area contributed by atoms with E-state index in [9.17, 15) is 0 Å². The smallest absolute Gasteiger partial charge is 0.223 e. The molecule has 0 aliphatic carbocycles. The van der Waals surface area contributed by atoms with Crippen LogP contribution in [-0.2, 0) is 91.9 Å². The molecule has 2 fully saturated rings. The van der Waals surface area contributed by atoms with Gasteiger partial charge in [-0.2, -0.15) is 0 Å². The molecule has 8 rings (SSSR count). The maximum atomic E-state index is 15.3. The zero-order valence-electron chi connectivity index (χ0n) is 68.9. The highest BCUT2D eigenvalue weighted by molar-refractivity contribution is 5.79. The van der Waals surface area contributed by atoms with E-state index < -0.39 is 61.4 Å². The summed E-state index contributed by atoms with van der Waals surface area (Å²) in [6, 6.07) is 61.0. The van der Waals surface area contributed by atoms with E-state index in [1.807, 2.05) is 109 Å². The van der Waals surface area contributed by atoms with Crippen LogP contribution >= 0.6 is 0 Å². The maximum absolute atomic E-state index is 15.3. The summed E-state index contributed by atoms with van der Waals surface area (Å²) in [5.41, 5.74) is 5.77. The van der Waals surface area contributed by atoms with Crippen LogP contribution in [0.25, 0.3) is 0 Å². The summed E-state index contributed by atoms with van der Waals surface area (Å²) >= 11 is 0. The van der Waals surface area contributed by atoms with Crippen molar-refractivity contribution in [2.24, 2.45) is 11.8 Å². The molecule has 111 heavy (non-hydrogen) atoms. The number of amides is 2. The van der Waals surface area contributed by atoms with Gasteiger partial charge in [-0.05, 0) is 59.1 Å². The molecule has 10 atom stereocenters. The zero-order valence-corrected chi connectivity index (χ0v) is 68.9. The first-order chi connectivity index (χ1) is 54.8. The summed E-state index contributed by atoms with van der Waals surface area (Å²) in [5, 5.41) is 7.03. The molecule has 13 heteroatoms. The van der Waals surface area contributed by atoms with Gasteiger partial charge in [0.25, 0.3) is 0 Å². The summed E-state index contributed by atoms with van der Waals surface area (Å²) in [5.74, 6) is -0.272. The molecule has 612 valence electrons. The van der Waals surface area contributed by atoms with Gasteiger partial charge in [-0.3, -0.25) is 9.59 Å². The topological polar surface area (TPSA) is 141 Å². The van der Waals surface area contributed by atoms with Gasteiger partial charge in [0.05, 0.1) is 39.6 Å². The second kappa shape index (κ2) is 57.0. The number of hydrogen-bond acceptors (Lipinski definition) is 11. The van der Waals surface area contributed by atoms with Crippen molar-refractivity contribution in [3.8, 4) is 0 Å². The molecule has 2 amide bonds. The molecule has 4 unspecified atom stereocenters. The Morgan fingerprint density at radius 1 is 0.270 bits per heavy atom. The van der Waals surface area contributed by atoms with Crippen molar-refractivity contribution in [3.05, 3.63) is 215 Å². The SMILES string of the molecule is CCCCCCCCCCC(CCCCCCCCCC)C(=O)NCC1O[C@@H](O[C@@H]2OC(CNC(=O)C(CCCCCCCCCC)CCCCCCCCCC)[C@H](OCc3ccccc3)[C@H](OCc3ccccc3)C2OCc2ccccc2)C(OCc2ccccc2)[C@@H](OCc2ccccc2)[C@H]1OCc1ccccc1. The minimum Gasteiger partial charge on any atom is -0.368 e. The lowest BCUT2D eigenvalue weighted by atomic mass is 9.92. The molecular formula is C98H144N2O11. The summed E-state index contributed by atoms with van der Waals surface area (Å²) in [4.78, 5) is 30.6. The van der Waals surface area contributed by atoms with Crippen molar-refractivity contribution in [3.63, 3.8) is 0 Å². The Balaban J connectivity index is 1.19. The van der Waals surface area contributed by atoms with Gasteiger partial charge in [-0.15, -0.1) is 0 Å². The van der Waals surface area contributed by atoms with Crippen LogP contribution in [-0.4, -0.2) is 86.3 Å². The van der Waals surface area contributed by atoms with Crippen molar-refractivity contribution in [1.82, 2.24) is 10.6 Å². The fourth-order valence-corrected chi connectivity index (χ4v) is 15.8.